The van der Waals surface area contributed by atoms with E-state index in [2.05, 4.69) is 22.2 Å². The van der Waals surface area contributed by atoms with Gasteiger partial charge in [-0.05, 0) is 45.5 Å². The lowest BCUT2D eigenvalue weighted by Gasteiger charge is -2.35. The van der Waals surface area contributed by atoms with Crippen molar-refractivity contribution < 1.29 is 4.79 Å². The number of likely N-dealkylation sites (tertiary alicyclic amines) is 1. The van der Waals surface area contributed by atoms with Crippen molar-refractivity contribution in [2.24, 2.45) is 0 Å². The topological polar surface area (TPSA) is 48.5 Å². The first kappa shape index (κ1) is 16.0. The van der Waals surface area contributed by atoms with Crippen LogP contribution >= 0.6 is 11.6 Å². The minimum atomic E-state index is -0.00115. The highest BCUT2D eigenvalue weighted by atomic mass is 35.5. The number of hydrogen-bond acceptors (Lipinski definition) is 4. The molecule has 5 nitrogen and oxygen atoms in total. The van der Waals surface area contributed by atoms with Gasteiger partial charge in [-0.3, -0.25) is 4.79 Å². The molecule has 1 aromatic rings. The van der Waals surface area contributed by atoms with E-state index in [1.807, 2.05) is 18.9 Å². The SMILES string of the molecule is CCNc1cc(C(=O)N(C)C2CCCN(C)C2)cc(Cl)n1. The first-order valence-electron chi connectivity index (χ1n) is 7.38. The standard InChI is InChI=1S/C15H23ClN4O/c1-4-17-14-9-11(8-13(16)18-14)15(21)20(3)12-6-5-7-19(2)10-12/h8-9,12H,4-7,10H2,1-3H3,(H,17,18). The largest absolute Gasteiger partial charge is 0.370 e. The third-order valence-electron chi connectivity index (χ3n) is 3.87. The highest BCUT2D eigenvalue weighted by Crippen LogP contribution is 2.19. The molecule has 1 unspecified atom stereocenters. The van der Waals surface area contributed by atoms with Gasteiger partial charge in [0.15, 0.2) is 0 Å². The van der Waals surface area contributed by atoms with E-state index in [4.69, 9.17) is 11.6 Å². The molecule has 1 aromatic heterocycles. The van der Waals surface area contributed by atoms with Gasteiger partial charge < -0.3 is 15.1 Å². The maximum absolute atomic E-state index is 12.7. The Kier molecular flexibility index (Phi) is 5.42. The molecule has 0 aliphatic carbocycles. The van der Waals surface area contributed by atoms with Crippen molar-refractivity contribution in [1.82, 2.24) is 14.8 Å². The molecule has 1 amide bonds. The number of piperidine rings is 1. The highest BCUT2D eigenvalue weighted by Gasteiger charge is 2.25. The number of nitrogens with zero attached hydrogens (tertiary/aromatic N) is 3. The zero-order valence-corrected chi connectivity index (χ0v) is 13.7. The van der Waals surface area contributed by atoms with E-state index in [1.165, 1.54) is 0 Å². The monoisotopic (exact) mass is 310 g/mol. The average molecular weight is 311 g/mol. The average Bonchev–Trinajstić information content (AvgIpc) is 2.45. The van der Waals surface area contributed by atoms with Gasteiger partial charge in [0.05, 0.1) is 0 Å². The molecule has 116 valence electrons. The van der Waals surface area contributed by atoms with Crippen LogP contribution in [0.3, 0.4) is 0 Å². The van der Waals surface area contributed by atoms with E-state index in [1.54, 1.807) is 12.1 Å². The molecular weight excluding hydrogens is 288 g/mol. The molecule has 0 radical (unpaired) electrons. The summed E-state index contributed by atoms with van der Waals surface area (Å²) in [5.41, 5.74) is 0.585. The summed E-state index contributed by atoms with van der Waals surface area (Å²) in [6.07, 6.45) is 2.17. The van der Waals surface area contributed by atoms with E-state index in [0.29, 0.717) is 16.5 Å². The van der Waals surface area contributed by atoms with Gasteiger partial charge in [-0.25, -0.2) is 4.98 Å². The van der Waals surface area contributed by atoms with Crippen molar-refractivity contribution in [2.75, 3.05) is 39.0 Å². The van der Waals surface area contributed by atoms with Crippen molar-refractivity contribution in [3.05, 3.63) is 22.8 Å². The molecule has 1 saturated heterocycles. The van der Waals surface area contributed by atoms with Gasteiger partial charge in [0.2, 0.25) is 0 Å². The normalized spacial score (nSPS) is 19.3. The zero-order valence-electron chi connectivity index (χ0n) is 12.9. The number of carbonyl (C=O) groups is 1. The molecule has 1 aliphatic rings. The van der Waals surface area contributed by atoms with Crippen LogP contribution in [0.15, 0.2) is 12.1 Å². The van der Waals surface area contributed by atoms with Crippen LogP contribution in [0.4, 0.5) is 5.82 Å². The molecular formula is C15H23ClN4O. The summed E-state index contributed by atoms with van der Waals surface area (Å²) in [6.45, 7) is 4.74. The van der Waals surface area contributed by atoms with Crippen LogP contribution in [0.1, 0.15) is 30.1 Å². The molecule has 6 heteroatoms. The summed E-state index contributed by atoms with van der Waals surface area (Å²) in [6, 6.07) is 3.65. The summed E-state index contributed by atoms with van der Waals surface area (Å²) in [7, 11) is 3.96. The lowest BCUT2D eigenvalue weighted by Crippen LogP contribution is -2.47. The van der Waals surface area contributed by atoms with Crippen molar-refractivity contribution in [3.63, 3.8) is 0 Å². The smallest absolute Gasteiger partial charge is 0.254 e. The minimum Gasteiger partial charge on any atom is -0.370 e. The summed E-state index contributed by atoms with van der Waals surface area (Å²) in [5, 5.41) is 3.43. The number of amides is 1. The quantitative estimate of drug-likeness (QED) is 0.867. The molecule has 1 aliphatic heterocycles. The van der Waals surface area contributed by atoms with E-state index >= 15 is 0 Å². The summed E-state index contributed by atoms with van der Waals surface area (Å²) in [5.74, 6) is 0.640. The van der Waals surface area contributed by atoms with Crippen molar-refractivity contribution in [3.8, 4) is 0 Å². The van der Waals surface area contributed by atoms with Crippen LogP contribution in [0.5, 0.6) is 0 Å². The molecule has 0 bridgehead atoms. The van der Waals surface area contributed by atoms with Gasteiger partial charge in [-0.2, -0.15) is 0 Å². The Morgan fingerprint density at radius 2 is 2.33 bits per heavy atom. The van der Waals surface area contributed by atoms with Crippen LogP contribution in [0.25, 0.3) is 0 Å². The van der Waals surface area contributed by atoms with E-state index in [0.717, 1.165) is 32.5 Å². The van der Waals surface area contributed by atoms with Crippen LogP contribution < -0.4 is 5.32 Å². The van der Waals surface area contributed by atoms with Gasteiger partial charge in [0.1, 0.15) is 11.0 Å². The number of pyridine rings is 1. The molecule has 0 spiro atoms. The Hall–Kier alpha value is -1.33. The lowest BCUT2D eigenvalue weighted by molar-refractivity contribution is 0.0644. The molecule has 1 N–H and O–H groups in total. The van der Waals surface area contributed by atoms with Gasteiger partial charge in [-0.1, -0.05) is 11.6 Å². The third kappa shape index (κ3) is 4.08. The zero-order chi connectivity index (χ0) is 15.4. The Balaban J connectivity index is 2.14. The fraction of sp³-hybridized carbons (Fsp3) is 0.600. The molecule has 0 saturated carbocycles. The predicted molar refractivity (Wildman–Crippen MR) is 86.0 cm³/mol. The Morgan fingerprint density at radius 3 is 3.00 bits per heavy atom. The summed E-state index contributed by atoms with van der Waals surface area (Å²) in [4.78, 5) is 20.9. The van der Waals surface area contributed by atoms with Gasteiger partial charge >= 0.3 is 0 Å². The second-order valence-corrected chi connectivity index (χ2v) is 5.96. The van der Waals surface area contributed by atoms with Crippen molar-refractivity contribution in [2.45, 2.75) is 25.8 Å². The first-order chi connectivity index (χ1) is 10.0. The minimum absolute atomic E-state index is 0.00115. The molecule has 1 fully saturated rings. The van der Waals surface area contributed by atoms with Crippen LogP contribution in [-0.4, -0.2) is 60.5 Å². The maximum Gasteiger partial charge on any atom is 0.254 e. The molecule has 21 heavy (non-hydrogen) atoms. The van der Waals surface area contributed by atoms with Crippen LogP contribution in [0, 0.1) is 0 Å². The van der Waals surface area contributed by atoms with Gasteiger partial charge in [0, 0.05) is 31.7 Å². The predicted octanol–water partition coefficient (Wildman–Crippen LogP) is 2.33. The molecule has 0 aromatic carbocycles. The first-order valence-corrected chi connectivity index (χ1v) is 7.76. The number of anilines is 1. The van der Waals surface area contributed by atoms with E-state index in [-0.39, 0.29) is 11.9 Å². The molecule has 1 atom stereocenters. The van der Waals surface area contributed by atoms with E-state index < -0.39 is 0 Å². The number of likely N-dealkylation sites (N-methyl/N-ethyl adjacent to an activating group) is 2. The van der Waals surface area contributed by atoms with Crippen molar-refractivity contribution >= 4 is 23.3 Å². The van der Waals surface area contributed by atoms with Crippen LogP contribution in [0.2, 0.25) is 5.15 Å². The second kappa shape index (κ2) is 7.09. The lowest BCUT2D eigenvalue weighted by atomic mass is 10.0. The fourth-order valence-electron chi connectivity index (χ4n) is 2.72. The van der Waals surface area contributed by atoms with Crippen LogP contribution in [-0.2, 0) is 0 Å². The number of carbonyl (C=O) groups excluding carboxylic acids is 1. The van der Waals surface area contributed by atoms with Crippen molar-refractivity contribution in [1.29, 1.82) is 0 Å². The summed E-state index contributed by atoms with van der Waals surface area (Å²) < 4.78 is 0. The Morgan fingerprint density at radius 1 is 1.57 bits per heavy atom. The number of aromatic nitrogens is 1. The Labute approximate surface area is 131 Å². The fourth-order valence-corrected chi connectivity index (χ4v) is 2.93. The number of rotatable bonds is 4. The highest BCUT2D eigenvalue weighted by molar-refractivity contribution is 6.29. The van der Waals surface area contributed by atoms with Gasteiger partial charge in [-0.15, -0.1) is 0 Å². The number of nitrogens with one attached hydrogen (secondary N) is 1. The van der Waals surface area contributed by atoms with Gasteiger partial charge in [0.25, 0.3) is 5.91 Å². The maximum atomic E-state index is 12.7. The number of halogens is 1. The second-order valence-electron chi connectivity index (χ2n) is 5.57. The van der Waals surface area contributed by atoms with E-state index in [9.17, 15) is 4.79 Å². The number of hydrogen-bond donors (Lipinski definition) is 1. The molecule has 2 rings (SSSR count). The Bertz CT molecular complexity index is 508. The third-order valence-corrected chi connectivity index (χ3v) is 4.06. The summed E-state index contributed by atoms with van der Waals surface area (Å²) >= 11 is 6.01. The molecule has 2 heterocycles.